The zero-order chi connectivity index (χ0) is 31.6. The molecule has 45 heavy (non-hydrogen) atoms. The highest BCUT2D eigenvalue weighted by Crippen LogP contribution is 2.29. The minimum Gasteiger partial charge on any atom is -0.207 e. The third-order valence-corrected chi connectivity index (χ3v) is 8.14. The summed E-state index contributed by atoms with van der Waals surface area (Å²) in [5, 5.41) is 0. The molecule has 0 aliphatic carbocycles. The number of hydrogen-bond acceptors (Lipinski definition) is 0. The lowest BCUT2D eigenvalue weighted by Gasteiger charge is -2.09. The molecule has 0 unspecified atom stereocenters. The molecule has 0 saturated carbocycles. The van der Waals surface area contributed by atoms with Gasteiger partial charge in [0.2, 0.25) is 0 Å². The Labute approximate surface area is 267 Å². The van der Waals surface area contributed by atoms with Gasteiger partial charge in [-0.1, -0.05) is 104 Å². The number of halogens is 2. The third kappa shape index (κ3) is 8.38. The van der Waals surface area contributed by atoms with Gasteiger partial charge in [-0.2, -0.15) is 0 Å². The first-order chi connectivity index (χ1) is 21.9. The molecule has 0 fully saturated rings. The van der Waals surface area contributed by atoms with E-state index in [2.05, 4.69) is 79.1 Å². The average molecular weight is 593 g/mol. The molecule has 0 aliphatic rings. The molecule has 0 amide bonds. The van der Waals surface area contributed by atoms with Crippen molar-refractivity contribution in [2.45, 2.75) is 59.3 Å². The number of aryl methyl sites for hydroxylation is 5. The second kappa shape index (κ2) is 15.2. The molecule has 5 aromatic carbocycles. The zero-order valence-electron chi connectivity index (χ0n) is 26.3. The Hall–Kier alpha value is -4.92. The van der Waals surface area contributed by atoms with Crippen LogP contribution in [0, 0.1) is 42.2 Å². The maximum atomic E-state index is 15.2. The van der Waals surface area contributed by atoms with Crippen LogP contribution in [0.25, 0.3) is 22.3 Å². The Morgan fingerprint density at radius 2 is 1.18 bits per heavy atom. The van der Waals surface area contributed by atoms with Crippen LogP contribution in [-0.4, -0.2) is 0 Å². The quantitative estimate of drug-likeness (QED) is 0.149. The number of hydrogen-bond donors (Lipinski definition) is 0. The monoisotopic (exact) mass is 592 g/mol. The minimum absolute atomic E-state index is 0.211. The normalized spacial score (nSPS) is 10.5. The molecule has 0 saturated heterocycles. The maximum Gasteiger partial charge on any atom is 0.131 e. The van der Waals surface area contributed by atoms with Crippen molar-refractivity contribution in [1.29, 1.82) is 0 Å². The van der Waals surface area contributed by atoms with Crippen LogP contribution in [0.15, 0.2) is 103 Å². The molecule has 0 spiro atoms. The van der Waals surface area contributed by atoms with Crippen LogP contribution in [0.5, 0.6) is 0 Å². The van der Waals surface area contributed by atoms with Crippen molar-refractivity contribution in [1.82, 2.24) is 0 Å². The molecule has 0 bridgehead atoms. The van der Waals surface area contributed by atoms with Crippen molar-refractivity contribution in [3.05, 3.63) is 154 Å². The molecule has 0 radical (unpaired) electrons. The average Bonchev–Trinajstić information content (AvgIpc) is 3.06. The molecule has 0 atom stereocenters. The van der Waals surface area contributed by atoms with Gasteiger partial charge in [0.1, 0.15) is 11.6 Å². The van der Waals surface area contributed by atoms with E-state index in [1.54, 1.807) is 19.1 Å². The highest BCUT2D eigenvalue weighted by Gasteiger charge is 2.09. The summed E-state index contributed by atoms with van der Waals surface area (Å²) in [6.45, 7) is 5.77. The summed E-state index contributed by atoms with van der Waals surface area (Å²) in [5.41, 5.74) is 10.4. The molecule has 0 aliphatic heterocycles. The van der Waals surface area contributed by atoms with Crippen LogP contribution in [0.3, 0.4) is 0 Å². The number of rotatable bonds is 9. The van der Waals surface area contributed by atoms with Crippen molar-refractivity contribution < 1.29 is 8.78 Å². The van der Waals surface area contributed by atoms with Gasteiger partial charge in [0.15, 0.2) is 0 Å². The van der Waals surface area contributed by atoms with Crippen LogP contribution in [0.2, 0.25) is 0 Å². The van der Waals surface area contributed by atoms with E-state index in [-0.39, 0.29) is 11.6 Å². The van der Waals surface area contributed by atoms with E-state index in [4.69, 9.17) is 0 Å². The number of benzene rings is 5. The fourth-order valence-corrected chi connectivity index (χ4v) is 5.49. The fraction of sp³-hybridized carbons (Fsp3) is 0.209. The molecule has 0 heterocycles. The topological polar surface area (TPSA) is 0 Å². The van der Waals surface area contributed by atoms with E-state index >= 15 is 4.39 Å². The van der Waals surface area contributed by atoms with Gasteiger partial charge in [0.25, 0.3) is 0 Å². The zero-order valence-corrected chi connectivity index (χ0v) is 26.3. The van der Waals surface area contributed by atoms with Gasteiger partial charge >= 0.3 is 0 Å². The van der Waals surface area contributed by atoms with Gasteiger partial charge in [-0.3, -0.25) is 0 Å². The Morgan fingerprint density at radius 3 is 1.80 bits per heavy atom. The molecule has 5 aromatic rings. The predicted octanol–water partition coefficient (Wildman–Crippen LogP) is 10.7. The summed E-state index contributed by atoms with van der Waals surface area (Å²) in [7, 11) is 0. The maximum absolute atomic E-state index is 15.2. The highest BCUT2D eigenvalue weighted by atomic mass is 19.1. The van der Waals surface area contributed by atoms with E-state index in [0.717, 1.165) is 71.9 Å². The molecule has 0 aromatic heterocycles. The lowest BCUT2D eigenvalue weighted by Crippen LogP contribution is -1.94. The van der Waals surface area contributed by atoms with Gasteiger partial charge in [0.05, 0.1) is 0 Å². The highest BCUT2D eigenvalue weighted by molar-refractivity contribution is 5.71. The molecular weight excluding hydrogens is 554 g/mol. The van der Waals surface area contributed by atoms with E-state index in [0.29, 0.717) is 11.1 Å². The lowest BCUT2D eigenvalue weighted by atomic mass is 9.97. The van der Waals surface area contributed by atoms with Crippen molar-refractivity contribution in [3.63, 3.8) is 0 Å². The Morgan fingerprint density at radius 1 is 0.578 bits per heavy atom. The van der Waals surface area contributed by atoms with Crippen LogP contribution in [0.1, 0.15) is 65.6 Å². The van der Waals surface area contributed by atoms with Gasteiger partial charge in [0, 0.05) is 23.1 Å². The minimum atomic E-state index is -0.222. The van der Waals surface area contributed by atoms with Crippen molar-refractivity contribution in [3.8, 4) is 45.9 Å². The summed E-state index contributed by atoms with van der Waals surface area (Å²) in [4.78, 5) is 0. The standard InChI is InChI=1S/C43H38F2/c1-4-6-7-9-32-16-21-36(22-17-32)39-26-27-41(43(45)30-39)37-23-18-35(19-24-37)15-12-33-10-13-34(14-11-33)20-25-40-29-42(44)31(3)28-38(40)8-5-2/h10-11,13-14,16-19,21-24,26-30H,5,7-9,12,15H2,1-3H3. The van der Waals surface area contributed by atoms with Crippen LogP contribution >= 0.6 is 0 Å². The molecule has 0 nitrogen and oxygen atoms in total. The van der Waals surface area contributed by atoms with Crippen LogP contribution < -0.4 is 0 Å². The fourth-order valence-electron chi connectivity index (χ4n) is 5.49. The molecule has 0 N–H and O–H groups in total. The first-order valence-corrected chi connectivity index (χ1v) is 15.7. The van der Waals surface area contributed by atoms with Crippen LogP contribution in [-0.2, 0) is 25.7 Å². The Bertz CT molecular complexity index is 1870. The Kier molecular flexibility index (Phi) is 10.6. The second-order valence-corrected chi connectivity index (χ2v) is 11.5. The molecule has 2 heteroatoms. The lowest BCUT2D eigenvalue weighted by molar-refractivity contribution is 0.617. The predicted molar refractivity (Wildman–Crippen MR) is 184 cm³/mol. The SMILES string of the molecule is CC#CCCc1ccc(-c2ccc(-c3ccc(CCc4ccc(C#Cc5cc(F)c(C)cc5CCC)cc4)cc3)c(F)c2)cc1. The van der Waals surface area contributed by atoms with E-state index < -0.39 is 0 Å². The van der Waals surface area contributed by atoms with Crippen molar-refractivity contribution in [2.75, 3.05) is 0 Å². The van der Waals surface area contributed by atoms with Gasteiger partial charge in [-0.05, 0) is 108 Å². The van der Waals surface area contributed by atoms with Gasteiger partial charge in [-0.25, -0.2) is 8.78 Å². The molecule has 224 valence electrons. The van der Waals surface area contributed by atoms with Gasteiger partial charge < -0.3 is 0 Å². The first-order valence-electron chi connectivity index (χ1n) is 15.7. The van der Waals surface area contributed by atoms with Crippen LogP contribution in [0.4, 0.5) is 8.78 Å². The molecule has 5 rings (SSSR count). The second-order valence-electron chi connectivity index (χ2n) is 11.5. The van der Waals surface area contributed by atoms with Crippen molar-refractivity contribution in [2.24, 2.45) is 0 Å². The van der Waals surface area contributed by atoms with E-state index in [1.165, 1.54) is 16.7 Å². The summed E-state index contributed by atoms with van der Waals surface area (Å²) in [5.74, 6) is 12.0. The van der Waals surface area contributed by atoms with Gasteiger partial charge in [-0.15, -0.1) is 11.8 Å². The Balaban J connectivity index is 1.19. The van der Waals surface area contributed by atoms with E-state index in [9.17, 15) is 4.39 Å². The van der Waals surface area contributed by atoms with Crippen molar-refractivity contribution >= 4 is 0 Å². The summed E-state index contributed by atoms with van der Waals surface area (Å²) >= 11 is 0. The first kappa shape index (κ1) is 31.5. The summed E-state index contributed by atoms with van der Waals surface area (Å²) in [6, 6.07) is 33.7. The smallest absolute Gasteiger partial charge is 0.131 e. The summed E-state index contributed by atoms with van der Waals surface area (Å²) < 4.78 is 29.4. The third-order valence-electron chi connectivity index (χ3n) is 8.14. The molecular formula is C43H38F2. The van der Waals surface area contributed by atoms with E-state index in [1.807, 2.05) is 49.4 Å². The largest absolute Gasteiger partial charge is 0.207 e. The summed E-state index contributed by atoms with van der Waals surface area (Å²) in [6.07, 6.45) is 5.43.